The second-order valence-electron chi connectivity index (χ2n) is 6.52. The van der Waals surface area contributed by atoms with Crippen molar-refractivity contribution in [3.8, 4) is 0 Å². The van der Waals surface area contributed by atoms with Crippen molar-refractivity contribution in [3.05, 3.63) is 76.1 Å². The molecule has 3 rings (SSSR count). The third-order valence-corrected chi connectivity index (χ3v) is 4.90. The molecular formula is C21H17ClFNO5. The van der Waals surface area contributed by atoms with Crippen molar-refractivity contribution in [2.75, 3.05) is 6.54 Å². The van der Waals surface area contributed by atoms with Crippen molar-refractivity contribution in [1.29, 1.82) is 0 Å². The molecule has 1 saturated heterocycles. The number of carboxylic acids is 1. The number of Topliss-reactive ketones (excluding diaryl/α,β-unsaturated/α-hetero) is 1. The van der Waals surface area contributed by atoms with Crippen LogP contribution in [0.4, 0.5) is 4.39 Å². The maximum atomic E-state index is 14.5. The van der Waals surface area contributed by atoms with Gasteiger partial charge in [0.25, 0.3) is 11.7 Å². The van der Waals surface area contributed by atoms with Crippen LogP contribution < -0.4 is 0 Å². The van der Waals surface area contributed by atoms with Crippen LogP contribution in [0.5, 0.6) is 0 Å². The summed E-state index contributed by atoms with van der Waals surface area (Å²) in [6.45, 7) is -0.0761. The number of amides is 1. The summed E-state index contributed by atoms with van der Waals surface area (Å²) in [6.07, 6.45) is -0.140. The van der Waals surface area contributed by atoms with Gasteiger partial charge >= 0.3 is 5.97 Å². The van der Waals surface area contributed by atoms with E-state index in [1.807, 2.05) is 0 Å². The van der Waals surface area contributed by atoms with Crippen LogP contribution in [-0.4, -0.2) is 39.3 Å². The summed E-state index contributed by atoms with van der Waals surface area (Å²) in [5.74, 6) is -4.02. The zero-order valence-corrected chi connectivity index (χ0v) is 15.9. The van der Waals surface area contributed by atoms with E-state index in [0.29, 0.717) is 5.02 Å². The number of aliphatic carboxylic acids is 1. The molecule has 1 fully saturated rings. The minimum atomic E-state index is -1.17. The van der Waals surface area contributed by atoms with E-state index in [1.54, 1.807) is 6.07 Å². The van der Waals surface area contributed by atoms with E-state index in [2.05, 4.69) is 0 Å². The van der Waals surface area contributed by atoms with Crippen LogP contribution in [0.1, 0.15) is 30.0 Å². The molecule has 2 aromatic carbocycles. The average molecular weight is 418 g/mol. The zero-order chi connectivity index (χ0) is 21.1. The zero-order valence-electron chi connectivity index (χ0n) is 15.1. The Morgan fingerprint density at radius 3 is 2.34 bits per heavy atom. The monoisotopic (exact) mass is 417 g/mol. The SMILES string of the molecule is O=C(O)CCCN1C(=O)C(=O)C(=C(O)c2ccc(Cl)cc2)[C@@H]1c1ccccc1F. The highest BCUT2D eigenvalue weighted by molar-refractivity contribution is 6.46. The fourth-order valence-electron chi connectivity index (χ4n) is 3.29. The number of benzene rings is 2. The van der Waals surface area contributed by atoms with Gasteiger partial charge in [-0.05, 0) is 36.8 Å². The molecule has 6 nitrogen and oxygen atoms in total. The highest BCUT2D eigenvalue weighted by Crippen LogP contribution is 2.40. The first kappa shape index (κ1) is 20.5. The van der Waals surface area contributed by atoms with Crippen LogP contribution in [0, 0.1) is 5.82 Å². The lowest BCUT2D eigenvalue weighted by atomic mass is 9.95. The van der Waals surface area contributed by atoms with Crippen LogP contribution >= 0.6 is 11.6 Å². The predicted molar refractivity (Wildman–Crippen MR) is 104 cm³/mol. The predicted octanol–water partition coefficient (Wildman–Crippen LogP) is 3.77. The third kappa shape index (κ3) is 4.14. The molecule has 29 heavy (non-hydrogen) atoms. The molecule has 1 atom stereocenters. The molecule has 1 amide bonds. The molecule has 0 saturated carbocycles. The number of carbonyl (C=O) groups excluding carboxylic acids is 2. The Kier molecular flexibility index (Phi) is 5.98. The minimum Gasteiger partial charge on any atom is -0.507 e. The Hall–Kier alpha value is -3.19. The number of halogens is 2. The van der Waals surface area contributed by atoms with Crippen LogP contribution in [0.2, 0.25) is 5.02 Å². The van der Waals surface area contributed by atoms with Gasteiger partial charge in [0.15, 0.2) is 0 Å². The van der Waals surface area contributed by atoms with Crippen molar-refractivity contribution in [1.82, 2.24) is 4.90 Å². The number of likely N-dealkylation sites (tertiary alicyclic amines) is 1. The molecule has 1 heterocycles. The second kappa shape index (κ2) is 8.45. The van der Waals surface area contributed by atoms with E-state index in [-0.39, 0.29) is 36.1 Å². The molecule has 0 spiro atoms. The molecule has 0 aromatic heterocycles. The van der Waals surface area contributed by atoms with E-state index < -0.39 is 35.3 Å². The number of ketones is 1. The van der Waals surface area contributed by atoms with Gasteiger partial charge in [0.2, 0.25) is 0 Å². The Morgan fingerprint density at radius 2 is 1.72 bits per heavy atom. The Balaban J connectivity index is 2.12. The molecule has 1 aliphatic rings. The van der Waals surface area contributed by atoms with E-state index in [9.17, 15) is 23.9 Å². The van der Waals surface area contributed by atoms with Gasteiger partial charge in [0.1, 0.15) is 11.6 Å². The minimum absolute atomic E-state index is 0.0394. The maximum absolute atomic E-state index is 14.5. The van der Waals surface area contributed by atoms with Gasteiger partial charge in [-0.3, -0.25) is 14.4 Å². The van der Waals surface area contributed by atoms with E-state index >= 15 is 0 Å². The number of aliphatic hydroxyl groups is 1. The van der Waals surface area contributed by atoms with Crippen molar-refractivity contribution in [2.45, 2.75) is 18.9 Å². The van der Waals surface area contributed by atoms with Gasteiger partial charge in [-0.1, -0.05) is 29.8 Å². The molecule has 0 aliphatic carbocycles. The first-order valence-electron chi connectivity index (χ1n) is 8.82. The van der Waals surface area contributed by atoms with Crippen molar-refractivity contribution in [2.24, 2.45) is 0 Å². The third-order valence-electron chi connectivity index (χ3n) is 4.65. The number of hydrogen-bond acceptors (Lipinski definition) is 4. The van der Waals surface area contributed by atoms with Crippen LogP contribution in [0.15, 0.2) is 54.1 Å². The molecule has 0 unspecified atom stereocenters. The molecular weight excluding hydrogens is 401 g/mol. The van der Waals surface area contributed by atoms with E-state index in [1.165, 1.54) is 42.5 Å². The molecule has 8 heteroatoms. The van der Waals surface area contributed by atoms with Crippen molar-refractivity contribution >= 4 is 35.0 Å². The number of rotatable bonds is 6. The fourth-order valence-corrected chi connectivity index (χ4v) is 3.42. The fraction of sp³-hybridized carbons (Fsp3) is 0.190. The van der Waals surface area contributed by atoms with Crippen molar-refractivity contribution in [3.63, 3.8) is 0 Å². The summed E-state index contributed by atoms with van der Waals surface area (Å²) in [7, 11) is 0. The van der Waals surface area contributed by atoms with E-state index in [0.717, 1.165) is 4.90 Å². The first-order valence-corrected chi connectivity index (χ1v) is 9.19. The van der Waals surface area contributed by atoms with Crippen LogP contribution in [-0.2, 0) is 14.4 Å². The lowest BCUT2D eigenvalue weighted by Crippen LogP contribution is -2.31. The smallest absolute Gasteiger partial charge is 0.303 e. The molecule has 2 N–H and O–H groups in total. The van der Waals surface area contributed by atoms with Gasteiger partial charge in [-0.2, -0.15) is 0 Å². The standard InChI is InChI=1S/C21H17ClFNO5/c22-13-9-7-12(8-10-13)19(27)17-18(14-4-1-2-5-15(14)23)24(21(29)20(17)28)11-3-6-16(25)26/h1-2,4-5,7-10,18,27H,3,6,11H2,(H,25,26)/t18-/m0/s1. The van der Waals surface area contributed by atoms with E-state index in [4.69, 9.17) is 16.7 Å². The summed E-state index contributed by atoms with van der Waals surface area (Å²) in [5.41, 5.74) is 0.0366. The number of aliphatic hydroxyl groups excluding tert-OH is 1. The van der Waals surface area contributed by atoms with Gasteiger partial charge < -0.3 is 15.1 Å². The topological polar surface area (TPSA) is 94.9 Å². The summed E-state index contributed by atoms with van der Waals surface area (Å²) < 4.78 is 14.5. The molecule has 150 valence electrons. The number of carboxylic acid groups (broad SMARTS) is 1. The summed E-state index contributed by atoms with van der Waals surface area (Å²) in [4.78, 5) is 37.3. The lowest BCUT2D eigenvalue weighted by Gasteiger charge is -2.25. The summed E-state index contributed by atoms with van der Waals surface area (Å²) >= 11 is 5.85. The summed E-state index contributed by atoms with van der Waals surface area (Å²) in [5, 5.41) is 20.0. The van der Waals surface area contributed by atoms with Crippen LogP contribution in [0.3, 0.4) is 0 Å². The van der Waals surface area contributed by atoms with Crippen molar-refractivity contribution < 1.29 is 29.0 Å². The highest BCUT2D eigenvalue weighted by Gasteiger charge is 2.46. The molecule has 1 aliphatic heterocycles. The number of nitrogens with zero attached hydrogens (tertiary/aromatic N) is 1. The highest BCUT2D eigenvalue weighted by atomic mass is 35.5. The average Bonchev–Trinajstić information content (AvgIpc) is 2.93. The van der Waals surface area contributed by atoms with Gasteiger partial charge in [-0.15, -0.1) is 0 Å². The molecule has 0 radical (unpaired) electrons. The first-order chi connectivity index (χ1) is 13.8. The molecule has 2 aromatic rings. The quantitative estimate of drug-likeness (QED) is 0.424. The van der Waals surface area contributed by atoms with Gasteiger partial charge in [0.05, 0.1) is 11.6 Å². The summed E-state index contributed by atoms with van der Waals surface area (Å²) in [6, 6.07) is 10.4. The lowest BCUT2D eigenvalue weighted by molar-refractivity contribution is -0.140. The van der Waals surface area contributed by atoms with Gasteiger partial charge in [-0.25, -0.2) is 4.39 Å². The number of carbonyl (C=O) groups is 3. The normalized spacial score (nSPS) is 18.3. The Bertz CT molecular complexity index is 1000. The second-order valence-corrected chi connectivity index (χ2v) is 6.95. The Labute approximate surface area is 170 Å². The molecule has 0 bridgehead atoms. The largest absolute Gasteiger partial charge is 0.507 e. The van der Waals surface area contributed by atoms with Gasteiger partial charge in [0, 0.05) is 29.1 Å². The maximum Gasteiger partial charge on any atom is 0.303 e. The number of hydrogen-bond donors (Lipinski definition) is 2. The Morgan fingerprint density at radius 1 is 1.07 bits per heavy atom. The van der Waals surface area contributed by atoms with Crippen LogP contribution in [0.25, 0.3) is 5.76 Å².